The van der Waals surface area contributed by atoms with Crippen LogP contribution in [-0.2, 0) is 6.18 Å². The van der Waals surface area contributed by atoms with Crippen LogP contribution in [0.25, 0.3) is 11.1 Å². The summed E-state index contributed by atoms with van der Waals surface area (Å²) >= 11 is 11.5. The molecule has 3 nitrogen and oxygen atoms in total. The van der Waals surface area contributed by atoms with E-state index in [1.807, 2.05) is 0 Å². The summed E-state index contributed by atoms with van der Waals surface area (Å²) in [6.07, 6.45) is -4.82. The number of nitrogens with zero attached hydrogens (tertiary/aromatic N) is 1. The summed E-state index contributed by atoms with van der Waals surface area (Å²) in [5, 5.41) is 11.4. The van der Waals surface area contributed by atoms with Gasteiger partial charge in [0.05, 0.1) is 20.5 Å². The van der Waals surface area contributed by atoms with Crippen molar-refractivity contribution in [3.8, 4) is 11.1 Å². The van der Waals surface area contributed by atoms with Crippen molar-refractivity contribution in [3.05, 3.63) is 62.1 Å². The first kappa shape index (κ1) is 15.6. The number of alkyl halides is 3. The van der Waals surface area contributed by atoms with Crippen LogP contribution in [-0.4, -0.2) is 4.92 Å². The van der Waals surface area contributed by atoms with Crippen molar-refractivity contribution in [1.82, 2.24) is 0 Å². The summed E-state index contributed by atoms with van der Waals surface area (Å²) in [5.74, 6) is 0. The first-order valence-corrected chi connectivity index (χ1v) is 6.27. The maximum atomic E-state index is 12.9. The topological polar surface area (TPSA) is 43.1 Å². The van der Waals surface area contributed by atoms with E-state index in [2.05, 4.69) is 0 Å². The summed E-state index contributed by atoms with van der Waals surface area (Å²) in [6.45, 7) is 0. The van der Waals surface area contributed by atoms with E-state index < -0.39 is 22.4 Å². The molecule has 8 heteroatoms. The highest BCUT2D eigenvalue weighted by Gasteiger charge is 2.39. The summed E-state index contributed by atoms with van der Waals surface area (Å²) in [5.41, 5.74) is -2.31. The van der Waals surface area contributed by atoms with Gasteiger partial charge in [0.25, 0.3) is 5.69 Å². The molecule has 0 unspecified atom stereocenters. The zero-order valence-electron chi connectivity index (χ0n) is 10.1. The van der Waals surface area contributed by atoms with Crippen molar-refractivity contribution in [2.45, 2.75) is 6.18 Å². The van der Waals surface area contributed by atoms with Gasteiger partial charge in [-0.3, -0.25) is 10.1 Å². The second kappa shape index (κ2) is 5.54. The molecule has 0 saturated heterocycles. The molecule has 0 aliphatic heterocycles. The Labute approximate surface area is 127 Å². The summed E-state index contributed by atoms with van der Waals surface area (Å²) < 4.78 is 38.7. The number of nitro benzene ring substituents is 1. The maximum absolute atomic E-state index is 12.9. The van der Waals surface area contributed by atoms with E-state index in [0.29, 0.717) is 6.07 Å². The number of nitro groups is 1. The predicted octanol–water partition coefficient (Wildman–Crippen LogP) is 5.59. The van der Waals surface area contributed by atoms with Crippen molar-refractivity contribution in [2.24, 2.45) is 0 Å². The van der Waals surface area contributed by atoms with Crippen LogP contribution in [0.2, 0.25) is 10.0 Å². The van der Waals surface area contributed by atoms with Crippen LogP contribution in [0.3, 0.4) is 0 Å². The van der Waals surface area contributed by atoms with Crippen LogP contribution in [0, 0.1) is 10.1 Å². The van der Waals surface area contributed by atoms with Crippen molar-refractivity contribution >= 4 is 28.9 Å². The Balaban J connectivity index is 2.74. The molecule has 0 radical (unpaired) electrons. The van der Waals surface area contributed by atoms with Gasteiger partial charge in [-0.15, -0.1) is 0 Å². The zero-order valence-corrected chi connectivity index (χ0v) is 11.6. The Morgan fingerprint density at radius 2 is 1.71 bits per heavy atom. The molecule has 21 heavy (non-hydrogen) atoms. The number of para-hydroxylation sites is 1. The molecule has 0 heterocycles. The van der Waals surface area contributed by atoms with Gasteiger partial charge in [0, 0.05) is 0 Å². The quantitative estimate of drug-likeness (QED) is 0.530. The molecule has 2 aromatic carbocycles. The molecule has 0 saturated carbocycles. The van der Waals surface area contributed by atoms with Crippen molar-refractivity contribution in [1.29, 1.82) is 0 Å². The van der Waals surface area contributed by atoms with E-state index in [0.717, 1.165) is 6.07 Å². The standard InChI is InChI=1S/C13H6Cl2F3NO2/c14-10-5-4-7(6-11(10)15)8-2-1-3-9(13(16,17)18)12(8)19(20)21/h1-6H. The molecule has 0 aliphatic rings. The normalized spacial score (nSPS) is 11.5. The second-order valence-electron chi connectivity index (χ2n) is 4.09. The summed E-state index contributed by atoms with van der Waals surface area (Å²) in [7, 11) is 0. The van der Waals surface area contributed by atoms with Gasteiger partial charge in [-0.1, -0.05) is 35.3 Å². The molecule has 0 aromatic heterocycles. The van der Waals surface area contributed by atoms with Crippen LogP contribution in [0.15, 0.2) is 36.4 Å². The van der Waals surface area contributed by atoms with Gasteiger partial charge in [0.2, 0.25) is 0 Å². The molecule has 0 N–H and O–H groups in total. The highest BCUT2D eigenvalue weighted by molar-refractivity contribution is 6.42. The summed E-state index contributed by atoms with van der Waals surface area (Å²) in [4.78, 5) is 10.0. The molecule has 0 aliphatic carbocycles. The van der Waals surface area contributed by atoms with Crippen molar-refractivity contribution in [3.63, 3.8) is 0 Å². The Morgan fingerprint density at radius 1 is 1.05 bits per heavy atom. The molecule has 0 fully saturated rings. The molecule has 0 amide bonds. The average Bonchev–Trinajstić information content (AvgIpc) is 2.40. The molecule has 2 aromatic rings. The molecule has 0 bridgehead atoms. The van der Waals surface area contributed by atoms with Gasteiger partial charge >= 0.3 is 6.18 Å². The minimum absolute atomic E-state index is 0.0980. The Hall–Kier alpha value is -1.79. The minimum atomic E-state index is -4.82. The molecule has 0 atom stereocenters. The molecule has 0 spiro atoms. The van der Waals surface area contributed by atoms with Crippen LogP contribution in [0.1, 0.15) is 5.56 Å². The maximum Gasteiger partial charge on any atom is 0.423 e. The lowest BCUT2D eigenvalue weighted by molar-refractivity contribution is -0.387. The highest BCUT2D eigenvalue weighted by Crippen LogP contribution is 2.42. The third-order valence-electron chi connectivity index (χ3n) is 2.75. The largest absolute Gasteiger partial charge is 0.423 e. The first-order valence-electron chi connectivity index (χ1n) is 5.52. The Bertz CT molecular complexity index is 717. The lowest BCUT2D eigenvalue weighted by Crippen LogP contribution is -2.09. The van der Waals surface area contributed by atoms with E-state index in [1.54, 1.807) is 0 Å². The van der Waals surface area contributed by atoms with Crippen LogP contribution >= 0.6 is 23.2 Å². The fourth-order valence-electron chi connectivity index (χ4n) is 1.87. The van der Waals surface area contributed by atoms with Gasteiger partial charge in [-0.25, -0.2) is 0 Å². The Kier molecular flexibility index (Phi) is 4.11. The van der Waals surface area contributed by atoms with E-state index >= 15 is 0 Å². The number of hydrogen-bond acceptors (Lipinski definition) is 2. The van der Waals surface area contributed by atoms with Gasteiger partial charge in [0.1, 0.15) is 5.56 Å². The molecular formula is C13H6Cl2F3NO2. The monoisotopic (exact) mass is 335 g/mol. The fraction of sp³-hybridized carbons (Fsp3) is 0.0769. The van der Waals surface area contributed by atoms with Gasteiger partial charge in [-0.05, 0) is 29.8 Å². The van der Waals surface area contributed by atoms with E-state index in [4.69, 9.17) is 23.2 Å². The lowest BCUT2D eigenvalue weighted by atomic mass is 10.00. The van der Waals surface area contributed by atoms with E-state index in [-0.39, 0.29) is 21.2 Å². The summed E-state index contributed by atoms with van der Waals surface area (Å²) in [6, 6.07) is 7.02. The zero-order chi connectivity index (χ0) is 15.8. The van der Waals surface area contributed by atoms with Crippen molar-refractivity contribution < 1.29 is 18.1 Å². The van der Waals surface area contributed by atoms with E-state index in [1.165, 1.54) is 24.3 Å². The molecule has 110 valence electrons. The number of hydrogen-bond donors (Lipinski definition) is 0. The second-order valence-corrected chi connectivity index (χ2v) is 4.90. The van der Waals surface area contributed by atoms with Gasteiger partial charge in [-0.2, -0.15) is 13.2 Å². The molecule has 2 rings (SSSR count). The highest BCUT2D eigenvalue weighted by atomic mass is 35.5. The van der Waals surface area contributed by atoms with Crippen molar-refractivity contribution in [2.75, 3.05) is 0 Å². The Morgan fingerprint density at radius 3 is 2.24 bits per heavy atom. The average molecular weight is 336 g/mol. The van der Waals surface area contributed by atoms with Crippen LogP contribution < -0.4 is 0 Å². The predicted molar refractivity (Wildman–Crippen MR) is 73.6 cm³/mol. The number of rotatable bonds is 2. The minimum Gasteiger partial charge on any atom is -0.258 e. The number of halogens is 5. The van der Waals surface area contributed by atoms with Gasteiger partial charge < -0.3 is 0 Å². The smallest absolute Gasteiger partial charge is 0.258 e. The van der Waals surface area contributed by atoms with E-state index in [9.17, 15) is 23.3 Å². The first-order chi connectivity index (χ1) is 9.71. The molecular weight excluding hydrogens is 330 g/mol. The lowest BCUT2D eigenvalue weighted by Gasteiger charge is -2.11. The van der Waals surface area contributed by atoms with Crippen LogP contribution in [0.4, 0.5) is 18.9 Å². The third kappa shape index (κ3) is 3.11. The fourth-order valence-corrected chi connectivity index (χ4v) is 2.16. The number of benzene rings is 2. The van der Waals surface area contributed by atoms with Crippen LogP contribution in [0.5, 0.6) is 0 Å². The van der Waals surface area contributed by atoms with Gasteiger partial charge in [0.15, 0.2) is 0 Å². The third-order valence-corrected chi connectivity index (χ3v) is 3.49. The SMILES string of the molecule is O=[N+]([O-])c1c(-c2ccc(Cl)c(Cl)c2)cccc1C(F)(F)F.